The fraction of sp³-hybridized carbons (Fsp3) is 0.0625. The van der Waals surface area contributed by atoms with E-state index in [1.807, 2.05) is 30.3 Å². The number of aryl methyl sites for hydroxylation is 1. The number of carbonyl (C=O) groups is 1. The number of amides is 1. The van der Waals surface area contributed by atoms with Crippen LogP contribution >= 0.6 is 11.3 Å². The van der Waals surface area contributed by atoms with Crippen LogP contribution < -0.4 is 5.32 Å². The molecule has 6 heteroatoms. The van der Waals surface area contributed by atoms with Gasteiger partial charge in [0.05, 0.1) is 10.2 Å². The summed E-state index contributed by atoms with van der Waals surface area (Å²) >= 11 is 1.36. The molecule has 1 aromatic carbocycles. The Balaban J connectivity index is 1.83. The van der Waals surface area contributed by atoms with Crippen LogP contribution in [0.2, 0.25) is 0 Å². The molecule has 0 bridgehead atoms. The minimum atomic E-state index is -0.504. The molecule has 2 aromatic heterocycles. The summed E-state index contributed by atoms with van der Waals surface area (Å²) in [6.45, 7) is 1.80. The molecule has 108 valence electrons. The maximum absolute atomic E-state index is 12.2. The normalized spacial score (nSPS) is 11.4. The van der Waals surface area contributed by atoms with Gasteiger partial charge in [-0.15, -0.1) is 0 Å². The van der Waals surface area contributed by atoms with Crippen molar-refractivity contribution in [3.63, 3.8) is 0 Å². The summed E-state index contributed by atoms with van der Waals surface area (Å²) < 4.78 is 6.32. The molecule has 0 saturated carbocycles. The van der Waals surface area contributed by atoms with Gasteiger partial charge in [-0.1, -0.05) is 23.5 Å². The zero-order valence-corrected chi connectivity index (χ0v) is 12.5. The van der Waals surface area contributed by atoms with Crippen molar-refractivity contribution in [2.24, 2.45) is 0 Å². The number of benzene rings is 1. The number of para-hydroxylation sites is 1. The Morgan fingerprint density at radius 1 is 1.36 bits per heavy atom. The zero-order chi connectivity index (χ0) is 15.5. The van der Waals surface area contributed by atoms with Crippen molar-refractivity contribution in [1.29, 1.82) is 5.26 Å². The minimum absolute atomic E-state index is 0.0337. The molecular weight excluding hydrogens is 298 g/mol. The average molecular weight is 309 g/mol. The third-order valence-corrected chi connectivity index (χ3v) is 3.88. The molecule has 0 unspecified atom stereocenters. The first-order valence-corrected chi connectivity index (χ1v) is 7.32. The molecule has 0 radical (unpaired) electrons. The summed E-state index contributed by atoms with van der Waals surface area (Å²) in [6.07, 6.45) is 1.41. The molecule has 3 rings (SSSR count). The van der Waals surface area contributed by atoms with Crippen LogP contribution in [0.5, 0.6) is 0 Å². The molecule has 0 atom stereocenters. The maximum Gasteiger partial charge on any atom is 0.268 e. The van der Waals surface area contributed by atoms with Crippen molar-refractivity contribution < 1.29 is 9.21 Å². The van der Waals surface area contributed by atoms with Crippen LogP contribution in [0, 0.1) is 18.3 Å². The van der Waals surface area contributed by atoms with Crippen LogP contribution in [0.4, 0.5) is 5.13 Å². The summed E-state index contributed by atoms with van der Waals surface area (Å²) in [7, 11) is 0. The number of nitrogens with zero attached hydrogens (tertiary/aromatic N) is 2. The summed E-state index contributed by atoms with van der Waals surface area (Å²) in [4.78, 5) is 16.5. The van der Waals surface area contributed by atoms with Crippen LogP contribution in [0.25, 0.3) is 16.3 Å². The van der Waals surface area contributed by atoms with Gasteiger partial charge in [0.15, 0.2) is 5.13 Å². The van der Waals surface area contributed by atoms with Crippen molar-refractivity contribution in [3.05, 3.63) is 53.5 Å². The third kappa shape index (κ3) is 2.90. The molecule has 1 N–H and O–H groups in total. The SMILES string of the molecule is Cc1ccc(/C=C(\C#N)C(=O)Nc2nc3ccccc3s2)o1. The van der Waals surface area contributed by atoms with E-state index in [2.05, 4.69) is 10.3 Å². The van der Waals surface area contributed by atoms with E-state index in [1.165, 1.54) is 17.4 Å². The number of anilines is 1. The van der Waals surface area contributed by atoms with Crippen LogP contribution in [-0.4, -0.2) is 10.9 Å². The lowest BCUT2D eigenvalue weighted by Gasteiger charge is -1.98. The Hall–Kier alpha value is -2.91. The first-order chi connectivity index (χ1) is 10.7. The van der Waals surface area contributed by atoms with Gasteiger partial charge in [0.25, 0.3) is 5.91 Å². The Kier molecular flexibility index (Phi) is 3.73. The van der Waals surface area contributed by atoms with E-state index >= 15 is 0 Å². The molecular formula is C16H11N3O2S. The predicted molar refractivity (Wildman–Crippen MR) is 85.3 cm³/mol. The molecule has 0 aliphatic rings. The van der Waals surface area contributed by atoms with Crippen LogP contribution in [0.15, 0.2) is 46.4 Å². The third-order valence-electron chi connectivity index (χ3n) is 2.93. The van der Waals surface area contributed by atoms with E-state index in [-0.39, 0.29) is 5.57 Å². The first-order valence-electron chi connectivity index (χ1n) is 6.51. The monoisotopic (exact) mass is 309 g/mol. The van der Waals surface area contributed by atoms with Gasteiger partial charge in [-0.05, 0) is 31.2 Å². The molecule has 0 aliphatic carbocycles. The minimum Gasteiger partial charge on any atom is -0.462 e. The Morgan fingerprint density at radius 3 is 2.86 bits per heavy atom. The lowest BCUT2D eigenvalue weighted by atomic mass is 10.2. The number of carbonyl (C=O) groups excluding carboxylic acids is 1. The predicted octanol–water partition coefficient (Wildman–Crippen LogP) is 3.74. The zero-order valence-electron chi connectivity index (χ0n) is 11.7. The van der Waals surface area contributed by atoms with Gasteiger partial charge in [-0.3, -0.25) is 10.1 Å². The van der Waals surface area contributed by atoms with Gasteiger partial charge in [0.1, 0.15) is 23.2 Å². The molecule has 2 heterocycles. The fourth-order valence-corrected chi connectivity index (χ4v) is 2.77. The smallest absolute Gasteiger partial charge is 0.268 e. The highest BCUT2D eigenvalue weighted by Crippen LogP contribution is 2.25. The lowest BCUT2D eigenvalue weighted by molar-refractivity contribution is -0.112. The van der Waals surface area contributed by atoms with Crippen molar-refractivity contribution in [3.8, 4) is 6.07 Å². The summed E-state index contributed by atoms with van der Waals surface area (Å²) in [5.74, 6) is 0.680. The Labute approximate surface area is 130 Å². The summed E-state index contributed by atoms with van der Waals surface area (Å²) in [6, 6.07) is 12.9. The second-order valence-electron chi connectivity index (χ2n) is 4.56. The molecule has 22 heavy (non-hydrogen) atoms. The number of aromatic nitrogens is 1. The van der Waals surface area contributed by atoms with E-state index in [0.29, 0.717) is 10.9 Å². The summed E-state index contributed by atoms with van der Waals surface area (Å²) in [5, 5.41) is 12.3. The molecule has 0 fully saturated rings. The highest BCUT2D eigenvalue weighted by Gasteiger charge is 2.13. The number of thiazole rings is 1. The second kappa shape index (κ2) is 5.84. The standard InChI is InChI=1S/C16H11N3O2S/c1-10-6-7-12(21-10)8-11(9-17)15(20)19-16-18-13-4-2-3-5-14(13)22-16/h2-8H,1H3,(H,18,19,20)/b11-8+. The Morgan fingerprint density at radius 2 is 2.18 bits per heavy atom. The lowest BCUT2D eigenvalue weighted by Crippen LogP contribution is -2.13. The van der Waals surface area contributed by atoms with Crippen molar-refractivity contribution in [2.75, 3.05) is 5.32 Å². The van der Waals surface area contributed by atoms with E-state index in [1.54, 1.807) is 19.1 Å². The van der Waals surface area contributed by atoms with Crippen molar-refractivity contribution in [2.45, 2.75) is 6.92 Å². The average Bonchev–Trinajstić information content (AvgIpc) is 3.09. The number of hydrogen-bond acceptors (Lipinski definition) is 5. The number of hydrogen-bond donors (Lipinski definition) is 1. The van der Waals surface area contributed by atoms with Gasteiger partial charge in [-0.2, -0.15) is 5.26 Å². The van der Waals surface area contributed by atoms with E-state index in [0.717, 1.165) is 16.0 Å². The fourth-order valence-electron chi connectivity index (χ4n) is 1.91. The Bertz CT molecular complexity index is 882. The highest BCUT2D eigenvalue weighted by atomic mass is 32.1. The van der Waals surface area contributed by atoms with Crippen LogP contribution in [0.1, 0.15) is 11.5 Å². The molecule has 3 aromatic rings. The molecule has 0 saturated heterocycles. The molecule has 0 spiro atoms. The highest BCUT2D eigenvalue weighted by molar-refractivity contribution is 7.22. The van der Waals surface area contributed by atoms with Crippen molar-refractivity contribution in [1.82, 2.24) is 4.98 Å². The van der Waals surface area contributed by atoms with E-state index < -0.39 is 5.91 Å². The number of nitrogens with one attached hydrogen (secondary N) is 1. The van der Waals surface area contributed by atoms with E-state index in [4.69, 9.17) is 9.68 Å². The van der Waals surface area contributed by atoms with Crippen LogP contribution in [-0.2, 0) is 4.79 Å². The quantitative estimate of drug-likeness (QED) is 0.590. The van der Waals surface area contributed by atoms with Gasteiger partial charge >= 0.3 is 0 Å². The molecule has 1 amide bonds. The number of fused-ring (bicyclic) bond motifs is 1. The molecule has 0 aliphatic heterocycles. The van der Waals surface area contributed by atoms with Gasteiger partial charge in [-0.25, -0.2) is 4.98 Å². The number of rotatable bonds is 3. The topological polar surface area (TPSA) is 78.9 Å². The van der Waals surface area contributed by atoms with Gasteiger partial charge < -0.3 is 4.42 Å². The van der Waals surface area contributed by atoms with Gasteiger partial charge in [0, 0.05) is 6.08 Å². The number of nitriles is 1. The number of furan rings is 1. The van der Waals surface area contributed by atoms with Gasteiger partial charge in [0.2, 0.25) is 0 Å². The van der Waals surface area contributed by atoms with Crippen LogP contribution in [0.3, 0.4) is 0 Å². The van der Waals surface area contributed by atoms with E-state index in [9.17, 15) is 4.79 Å². The second-order valence-corrected chi connectivity index (χ2v) is 5.59. The first kappa shape index (κ1) is 14.0. The summed E-state index contributed by atoms with van der Waals surface area (Å²) in [5.41, 5.74) is 0.778. The molecule has 5 nitrogen and oxygen atoms in total. The maximum atomic E-state index is 12.2. The van der Waals surface area contributed by atoms with Crippen molar-refractivity contribution >= 4 is 38.7 Å². The largest absolute Gasteiger partial charge is 0.462 e.